The van der Waals surface area contributed by atoms with Crippen molar-refractivity contribution in [3.63, 3.8) is 0 Å². The number of methoxy groups -OCH3 is 1. The number of hydrogen-bond donors (Lipinski definition) is 2. The molecule has 1 aliphatic rings. The van der Waals surface area contributed by atoms with E-state index in [0.717, 1.165) is 17.3 Å². The van der Waals surface area contributed by atoms with Gasteiger partial charge in [-0.15, -0.1) is 0 Å². The number of rotatable bonds is 7. The van der Waals surface area contributed by atoms with Crippen molar-refractivity contribution in [3.8, 4) is 11.3 Å². The maximum absolute atomic E-state index is 14.0. The number of halogens is 2. The van der Waals surface area contributed by atoms with Crippen LogP contribution >= 0.6 is 0 Å². The van der Waals surface area contributed by atoms with Crippen LogP contribution in [0.3, 0.4) is 0 Å². The fourth-order valence-corrected chi connectivity index (χ4v) is 4.89. The van der Waals surface area contributed by atoms with Crippen LogP contribution in [-0.2, 0) is 4.74 Å². The number of ether oxygens (including phenoxy) is 1. The molecule has 0 saturated carbocycles. The second-order valence-corrected chi connectivity index (χ2v) is 9.15. The number of likely N-dealkylation sites (tertiary alicyclic amines) is 1. The molecule has 10 heteroatoms. The van der Waals surface area contributed by atoms with Crippen LogP contribution in [0.2, 0.25) is 0 Å². The Morgan fingerprint density at radius 3 is 2.62 bits per heavy atom. The van der Waals surface area contributed by atoms with E-state index >= 15 is 0 Å². The summed E-state index contributed by atoms with van der Waals surface area (Å²) in [6.45, 7) is 4.06. The van der Waals surface area contributed by atoms with E-state index in [4.69, 9.17) is 9.72 Å². The van der Waals surface area contributed by atoms with Crippen LogP contribution < -0.4 is 10.6 Å². The van der Waals surface area contributed by atoms with Crippen LogP contribution in [0.15, 0.2) is 60.9 Å². The highest BCUT2D eigenvalue weighted by atomic mass is 19.1. The molecule has 2 aromatic carbocycles. The Morgan fingerprint density at radius 2 is 1.89 bits per heavy atom. The highest BCUT2D eigenvalue weighted by Gasteiger charge is 2.35. The fourth-order valence-electron chi connectivity index (χ4n) is 4.89. The van der Waals surface area contributed by atoms with Crippen molar-refractivity contribution in [2.24, 2.45) is 0 Å². The number of amides is 2. The molecule has 1 saturated heterocycles. The van der Waals surface area contributed by atoms with Crippen LogP contribution in [0.4, 0.5) is 19.4 Å². The molecule has 4 aromatic rings. The van der Waals surface area contributed by atoms with Crippen molar-refractivity contribution in [2.45, 2.75) is 18.9 Å². The lowest BCUT2D eigenvalue weighted by Gasteiger charge is -2.21. The molecule has 1 aliphatic heterocycles. The highest BCUT2D eigenvalue weighted by molar-refractivity contribution is 5.94. The molecule has 192 valence electrons. The third kappa shape index (κ3) is 5.30. The lowest BCUT2D eigenvalue weighted by molar-refractivity contribution is 0.159. The summed E-state index contributed by atoms with van der Waals surface area (Å²) >= 11 is 0. The van der Waals surface area contributed by atoms with Crippen molar-refractivity contribution in [1.29, 1.82) is 0 Å². The molecule has 0 spiro atoms. The molecule has 0 aliphatic carbocycles. The molecule has 5 rings (SSSR count). The van der Waals surface area contributed by atoms with Crippen LogP contribution in [0.5, 0.6) is 0 Å². The first-order chi connectivity index (χ1) is 17.9. The van der Waals surface area contributed by atoms with E-state index in [0.29, 0.717) is 49.0 Å². The smallest absolute Gasteiger partial charge is 0.320 e. The maximum Gasteiger partial charge on any atom is 0.320 e. The number of imidazole rings is 1. The molecular formula is C27H28F2N6O2. The Kier molecular flexibility index (Phi) is 7.11. The Bertz CT molecular complexity index is 1390. The summed E-state index contributed by atoms with van der Waals surface area (Å²) in [4.78, 5) is 24.5. The van der Waals surface area contributed by atoms with E-state index in [1.54, 1.807) is 23.9 Å². The van der Waals surface area contributed by atoms with Crippen molar-refractivity contribution >= 4 is 17.5 Å². The summed E-state index contributed by atoms with van der Waals surface area (Å²) in [5.74, 6) is -1.08. The monoisotopic (exact) mass is 506 g/mol. The van der Waals surface area contributed by atoms with Gasteiger partial charge in [0.15, 0.2) is 5.65 Å². The number of carbonyl (C=O) groups excluding carboxylic acids is 1. The Morgan fingerprint density at radius 1 is 1.14 bits per heavy atom. The molecule has 1 fully saturated rings. The summed E-state index contributed by atoms with van der Waals surface area (Å²) < 4.78 is 35.0. The zero-order chi connectivity index (χ0) is 25.9. The molecular weight excluding hydrogens is 478 g/mol. The van der Waals surface area contributed by atoms with Crippen molar-refractivity contribution < 1.29 is 18.3 Å². The van der Waals surface area contributed by atoms with E-state index in [9.17, 15) is 13.6 Å². The first kappa shape index (κ1) is 24.8. The molecule has 37 heavy (non-hydrogen) atoms. The van der Waals surface area contributed by atoms with Gasteiger partial charge in [-0.3, -0.25) is 19.6 Å². The van der Waals surface area contributed by atoms with E-state index < -0.39 is 17.7 Å². The minimum atomic E-state index is -0.643. The normalized spacial score (nSPS) is 17.8. The summed E-state index contributed by atoms with van der Waals surface area (Å²) in [5.41, 5.74) is 3.33. The zero-order valence-corrected chi connectivity index (χ0v) is 20.6. The Balaban J connectivity index is 1.43. The number of nitrogens with one attached hydrogen (secondary N) is 2. The van der Waals surface area contributed by atoms with Gasteiger partial charge in [-0.25, -0.2) is 18.6 Å². The van der Waals surface area contributed by atoms with Gasteiger partial charge in [-0.2, -0.15) is 0 Å². The number of benzene rings is 2. The van der Waals surface area contributed by atoms with E-state index in [1.807, 2.05) is 37.3 Å². The van der Waals surface area contributed by atoms with E-state index in [2.05, 4.69) is 20.5 Å². The second-order valence-electron chi connectivity index (χ2n) is 9.15. The van der Waals surface area contributed by atoms with Crippen LogP contribution in [0, 0.1) is 18.6 Å². The number of carbonyl (C=O) groups is 1. The third-order valence-electron chi connectivity index (χ3n) is 6.63. The summed E-state index contributed by atoms with van der Waals surface area (Å²) in [6.07, 6.45) is 3.40. The first-order valence-electron chi connectivity index (χ1n) is 12.1. The number of fused-ring (bicyclic) bond motifs is 1. The van der Waals surface area contributed by atoms with E-state index in [-0.39, 0.29) is 12.0 Å². The zero-order valence-electron chi connectivity index (χ0n) is 20.6. The van der Waals surface area contributed by atoms with Crippen LogP contribution in [0.1, 0.15) is 17.2 Å². The summed E-state index contributed by atoms with van der Waals surface area (Å²) in [5, 5.41) is 6.01. The largest absolute Gasteiger partial charge is 0.383 e. The van der Waals surface area contributed by atoms with Crippen molar-refractivity contribution in [1.82, 2.24) is 24.6 Å². The highest BCUT2D eigenvalue weighted by Crippen LogP contribution is 2.31. The minimum Gasteiger partial charge on any atom is -0.383 e. The average Bonchev–Trinajstić information content (AvgIpc) is 3.45. The third-order valence-corrected chi connectivity index (χ3v) is 6.63. The SMILES string of the molecule is COCCN1C[C@@H](NC(=O)Nc2c(-c3ccccc3)nc3c(C)nccn23)[C@H](c2cc(F)cc(F)c2)C1. The van der Waals surface area contributed by atoms with Gasteiger partial charge in [0.05, 0.1) is 18.3 Å². The number of hydrogen-bond acceptors (Lipinski definition) is 5. The summed E-state index contributed by atoms with van der Waals surface area (Å²) in [6, 6.07) is 12.3. The predicted molar refractivity (Wildman–Crippen MR) is 137 cm³/mol. The fraction of sp³-hybridized carbons (Fsp3) is 0.296. The summed E-state index contributed by atoms with van der Waals surface area (Å²) in [7, 11) is 1.62. The number of nitrogens with zero attached hydrogens (tertiary/aromatic N) is 4. The van der Waals surface area contributed by atoms with Gasteiger partial charge >= 0.3 is 6.03 Å². The van der Waals surface area contributed by atoms with Gasteiger partial charge in [0.25, 0.3) is 0 Å². The molecule has 2 atom stereocenters. The lowest BCUT2D eigenvalue weighted by Crippen LogP contribution is -2.42. The molecule has 0 unspecified atom stereocenters. The molecule has 2 aromatic heterocycles. The molecule has 0 radical (unpaired) electrons. The first-order valence-corrected chi connectivity index (χ1v) is 12.1. The quantitative estimate of drug-likeness (QED) is 0.392. The molecule has 8 nitrogen and oxygen atoms in total. The lowest BCUT2D eigenvalue weighted by atomic mass is 9.94. The predicted octanol–water partition coefficient (Wildman–Crippen LogP) is 4.22. The van der Waals surface area contributed by atoms with Crippen molar-refractivity contribution in [2.75, 3.05) is 38.7 Å². The second kappa shape index (κ2) is 10.6. The number of aromatic nitrogens is 3. The maximum atomic E-state index is 14.0. The van der Waals surface area contributed by atoms with Crippen LogP contribution in [-0.4, -0.2) is 64.7 Å². The molecule has 3 heterocycles. The van der Waals surface area contributed by atoms with Gasteiger partial charge in [-0.1, -0.05) is 30.3 Å². The van der Waals surface area contributed by atoms with E-state index in [1.165, 1.54) is 12.1 Å². The number of anilines is 1. The number of urea groups is 1. The standard InChI is InChI=1S/C27H28F2N6O2/c1-17-25-32-24(18-6-4-3-5-7-18)26(35(25)9-8-30-17)33-27(36)31-23-16-34(10-11-37-2)15-22(23)19-12-20(28)14-21(29)13-19/h3-9,12-14,22-23H,10-11,15-16H2,1-2H3,(H2,31,33,36)/t22-,23+/m0/s1. The molecule has 0 bridgehead atoms. The average molecular weight is 507 g/mol. The van der Waals surface area contributed by atoms with Gasteiger partial charge in [0, 0.05) is 56.7 Å². The minimum absolute atomic E-state index is 0.296. The van der Waals surface area contributed by atoms with Crippen molar-refractivity contribution in [3.05, 3.63) is 83.8 Å². The van der Waals surface area contributed by atoms with Gasteiger partial charge in [0.2, 0.25) is 0 Å². The Labute approximate surface area is 213 Å². The van der Waals surface area contributed by atoms with Gasteiger partial charge in [0.1, 0.15) is 23.1 Å². The van der Waals surface area contributed by atoms with Gasteiger partial charge < -0.3 is 10.1 Å². The number of aryl methyl sites for hydroxylation is 1. The molecule has 2 N–H and O–H groups in total. The molecule has 2 amide bonds. The topological polar surface area (TPSA) is 83.8 Å². The Hall–Kier alpha value is -3.89. The van der Waals surface area contributed by atoms with Gasteiger partial charge in [-0.05, 0) is 24.6 Å². The van der Waals surface area contributed by atoms with Crippen LogP contribution in [0.25, 0.3) is 16.9 Å².